The molecule has 2 aromatic rings. The minimum atomic E-state index is -3.56. The Morgan fingerprint density at radius 2 is 1.79 bits per heavy atom. The van der Waals surface area contributed by atoms with Gasteiger partial charge in [-0.2, -0.15) is 0 Å². The van der Waals surface area contributed by atoms with Gasteiger partial charge in [-0.1, -0.05) is 43.0 Å². The monoisotopic (exact) mass is 563 g/mol. The average molecular weight is 564 g/mol. The summed E-state index contributed by atoms with van der Waals surface area (Å²) in [5.41, 5.74) is 1.33. The Labute approximate surface area is 231 Å². The molecular formula is C28H38ClN3O5S. The molecule has 0 spiro atoms. The van der Waals surface area contributed by atoms with E-state index in [9.17, 15) is 18.0 Å². The number of rotatable bonds is 12. The van der Waals surface area contributed by atoms with Crippen LogP contribution in [0.1, 0.15) is 57.4 Å². The minimum absolute atomic E-state index is 0.0879. The van der Waals surface area contributed by atoms with E-state index in [1.54, 1.807) is 43.2 Å². The Balaban J connectivity index is 1.72. The van der Waals surface area contributed by atoms with Gasteiger partial charge in [0, 0.05) is 30.6 Å². The minimum Gasteiger partial charge on any atom is -0.497 e. The molecule has 1 atom stereocenters. The molecule has 3 rings (SSSR count). The van der Waals surface area contributed by atoms with Crippen molar-refractivity contribution in [3.63, 3.8) is 0 Å². The summed E-state index contributed by atoms with van der Waals surface area (Å²) in [6, 6.07) is 13.4. The second-order valence-electron chi connectivity index (χ2n) is 9.81. The molecule has 1 N–H and O–H groups in total. The molecule has 2 aromatic carbocycles. The largest absolute Gasteiger partial charge is 0.497 e. The van der Waals surface area contributed by atoms with E-state index in [4.69, 9.17) is 16.3 Å². The maximum atomic E-state index is 13.5. The highest BCUT2D eigenvalue weighted by atomic mass is 35.5. The topological polar surface area (TPSA) is 96.0 Å². The molecule has 1 aliphatic carbocycles. The first-order valence-corrected chi connectivity index (χ1v) is 15.3. The molecule has 208 valence electrons. The van der Waals surface area contributed by atoms with Gasteiger partial charge >= 0.3 is 0 Å². The van der Waals surface area contributed by atoms with Crippen molar-refractivity contribution in [1.29, 1.82) is 0 Å². The molecule has 0 bridgehead atoms. The molecular weight excluding hydrogens is 526 g/mol. The molecule has 38 heavy (non-hydrogen) atoms. The van der Waals surface area contributed by atoms with E-state index in [1.165, 1.54) is 10.7 Å². The molecule has 1 fully saturated rings. The van der Waals surface area contributed by atoms with Gasteiger partial charge in [0.1, 0.15) is 11.8 Å². The predicted molar refractivity (Wildman–Crippen MR) is 151 cm³/mol. The first-order valence-electron chi connectivity index (χ1n) is 13.0. The van der Waals surface area contributed by atoms with Crippen LogP contribution in [0.4, 0.5) is 5.69 Å². The van der Waals surface area contributed by atoms with Gasteiger partial charge in [-0.25, -0.2) is 8.42 Å². The Kier molecular flexibility index (Phi) is 10.8. The zero-order valence-corrected chi connectivity index (χ0v) is 23.9. The lowest BCUT2D eigenvalue weighted by molar-refractivity contribution is -0.141. The number of nitrogens with one attached hydrogen (secondary N) is 1. The van der Waals surface area contributed by atoms with E-state index in [-0.39, 0.29) is 37.4 Å². The number of hydrogen-bond donors (Lipinski definition) is 1. The smallest absolute Gasteiger partial charge is 0.242 e. The molecule has 1 aliphatic rings. The number of halogens is 1. The standard InChI is InChI=1S/C28H38ClN3O5S/c1-21(28(34)30-24-10-5-4-6-11-24)31(20-22-9-7-12-26(19-22)37-2)27(33)13-8-18-32(38(3,35)36)25-16-14-23(29)15-17-25/h7,9,12,14-17,19,21,24H,4-6,8,10-11,13,18,20H2,1-3H3,(H,30,34)/t21-/m1/s1. The van der Waals surface area contributed by atoms with Gasteiger partial charge < -0.3 is 15.0 Å². The van der Waals surface area contributed by atoms with Gasteiger partial charge in [-0.15, -0.1) is 0 Å². The molecule has 0 unspecified atom stereocenters. The summed E-state index contributed by atoms with van der Waals surface area (Å²) in [5.74, 6) is 0.275. The van der Waals surface area contributed by atoms with Crippen LogP contribution >= 0.6 is 11.6 Å². The second-order valence-corrected chi connectivity index (χ2v) is 12.2. The third-order valence-corrected chi connectivity index (χ3v) is 8.32. The summed E-state index contributed by atoms with van der Waals surface area (Å²) in [6.07, 6.45) is 6.79. The van der Waals surface area contributed by atoms with Gasteiger partial charge in [0.05, 0.1) is 19.1 Å². The number of methoxy groups -OCH3 is 1. The Morgan fingerprint density at radius 1 is 1.11 bits per heavy atom. The zero-order valence-electron chi connectivity index (χ0n) is 22.4. The summed E-state index contributed by atoms with van der Waals surface area (Å²) in [5, 5.41) is 3.63. The zero-order chi connectivity index (χ0) is 27.7. The van der Waals surface area contributed by atoms with E-state index < -0.39 is 16.1 Å². The van der Waals surface area contributed by atoms with Crippen molar-refractivity contribution >= 4 is 39.1 Å². The van der Waals surface area contributed by atoms with Gasteiger partial charge in [0.25, 0.3) is 0 Å². The lowest BCUT2D eigenvalue weighted by Crippen LogP contribution is -2.50. The van der Waals surface area contributed by atoms with Crippen LogP contribution < -0.4 is 14.4 Å². The van der Waals surface area contributed by atoms with Crippen LogP contribution in [-0.4, -0.2) is 57.1 Å². The quantitative estimate of drug-likeness (QED) is 0.401. The van der Waals surface area contributed by atoms with E-state index in [2.05, 4.69) is 5.32 Å². The number of amides is 2. The third-order valence-electron chi connectivity index (χ3n) is 6.87. The number of carbonyl (C=O) groups is 2. The lowest BCUT2D eigenvalue weighted by atomic mass is 9.95. The highest BCUT2D eigenvalue weighted by Gasteiger charge is 2.28. The van der Waals surface area contributed by atoms with Crippen molar-refractivity contribution in [1.82, 2.24) is 10.2 Å². The van der Waals surface area contributed by atoms with Crippen LogP contribution in [0.15, 0.2) is 48.5 Å². The van der Waals surface area contributed by atoms with Crippen LogP contribution in [-0.2, 0) is 26.2 Å². The van der Waals surface area contributed by atoms with Gasteiger partial charge in [-0.05, 0) is 68.1 Å². The Bertz CT molecular complexity index is 1180. The molecule has 2 amide bonds. The fourth-order valence-corrected chi connectivity index (χ4v) is 5.82. The number of ether oxygens (including phenoxy) is 1. The fraction of sp³-hybridized carbons (Fsp3) is 0.500. The number of nitrogens with zero attached hydrogens (tertiary/aromatic N) is 2. The maximum absolute atomic E-state index is 13.5. The molecule has 0 aromatic heterocycles. The molecule has 8 nitrogen and oxygen atoms in total. The summed E-state index contributed by atoms with van der Waals surface area (Å²) < 4.78 is 31.5. The normalized spacial score (nSPS) is 14.9. The highest BCUT2D eigenvalue weighted by molar-refractivity contribution is 7.92. The third kappa shape index (κ3) is 8.63. The van der Waals surface area contributed by atoms with Crippen molar-refractivity contribution < 1.29 is 22.7 Å². The summed E-state index contributed by atoms with van der Waals surface area (Å²) in [6.45, 7) is 2.11. The summed E-state index contributed by atoms with van der Waals surface area (Å²) in [7, 11) is -1.98. The van der Waals surface area contributed by atoms with E-state index in [0.717, 1.165) is 37.5 Å². The molecule has 0 heterocycles. The molecule has 0 saturated heterocycles. The number of anilines is 1. The highest BCUT2D eigenvalue weighted by Crippen LogP contribution is 2.22. The first-order chi connectivity index (χ1) is 18.1. The Hall–Kier alpha value is -2.78. The number of sulfonamides is 1. The number of benzene rings is 2. The van der Waals surface area contributed by atoms with Crippen LogP contribution in [0.25, 0.3) is 0 Å². The Morgan fingerprint density at radius 3 is 2.42 bits per heavy atom. The first kappa shape index (κ1) is 29.8. The SMILES string of the molecule is COc1cccc(CN(C(=O)CCCN(c2ccc(Cl)cc2)S(C)(=O)=O)[C@H](C)C(=O)NC2CCCCC2)c1. The van der Waals surface area contributed by atoms with Crippen LogP contribution in [0.3, 0.4) is 0 Å². The number of hydrogen-bond acceptors (Lipinski definition) is 5. The van der Waals surface area contributed by atoms with Crippen molar-refractivity contribution in [2.75, 3.05) is 24.2 Å². The predicted octanol–water partition coefficient (Wildman–Crippen LogP) is 4.76. The van der Waals surface area contributed by atoms with Gasteiger partial charge in [0.15, 0.2) is 0 Å². The second kappa shape index (κ2) is 13.8. The average Bonchev–Trinajstić information content (AvgIpc) is 2.90. The van der Waals surface area contributed by atoms with E-state index in [1.807, 2.05) is 24.3 Å². The maximum Gasteiger partial charge on any atom is 0.242 e. The van der Waals surface area contributed by atoms with Crippen LogP contribution in [0, 0.1) is 0 Å². The number of carbonyl (C=O) groups excluding carboxylic acids is 2. The molecule has 1 saturated carbocycles. The van der Waals surface area contributed by atoms with Crippen LogP contribution in [0.2, 0.25) is 5.02 Å². The van der Waals surface area contributed by atoms with E-state index >= 15 is 0 Å². The van der Waals surface area contributed by atoms with Crippen LogP contribution in [0.5, 0.6) is 5.75 Å². The summed E-state index contributed by atoms with van der Waals surface area (Å²) in [4.78, 5) is 28.2. The van der Waals surface area contributed by atoms with Gasteiger partial charge in [0.2, 0.25) is 21.8 Å². The fourth-order valence-electron chi connectivity index (χ4n) is 4.73. The van der Waals surface area contributed by atoms with Gasteiger partial charge in [-0.3, -0.25) is 13.9 Å². The van der Waals surface area contributed by atoms with E-state index in [0.29, 0.717) is 22.9 Å². The van der Waals surface area contributed by atoms with Crippen molar-refractivity contribution in [2.24, 2.45) is 0 Å². The van der Waals surface area contributed by atoms with Crippen molar-refractivity contribution in [3.05, 3.63) is 59.1 Å². The lowest BCUT2D eigenvalue weighted by Gasteiger charge is -2.31. The van der Waals surface area contributed by atoms with Crippen molar-refractivity contribution in [3.8, 4) is 5.75 Å². The summed E-state index contributed by atoms with van der Waals surface area (Å²) >= 11 is 5.95. The molecule has 0 radical (unpaired) electrons. The molecule has 0 aliphatic heterocycles. The van der Waals surface area contributed by atoms with Crippen molar-refractivity contribution in [2.45, 2.75) is 70.5 Å². The molecule has 10 heteroatoms.